The van der Waals surface area contributed by atoms with Gasteiger partial charge in [-0.3, -0.25) is 10.7 Å². The molecular weight excluding hydrogens is 118 g/mol. The quantitative estimate of drug-likeness (QED) is 0.390. The monoisotopic (exact) mass is 125 g/mol. The fourth-order valence-corrected chi connectivity index (χ4v) is 0.568. The molecule has 0 radical (unpaired) electrons. The summed E-state index contributed by atoms with van der Waals surface area (Å²) >= 11 is 0. The van der Waals surface area contributed by atoms with E-state index in [0.717, 1.165) is 0 Å². The summed E-state index contributed by atoms with van der Waals surface area (Å²) in [5.41, 5.74) is 2.16. The van der Waals surface area contributed by atoms with E-state index in [1.54, 1.807) is 18.2 Å². The van der Waals surface area contributed by atoms with Crippen molar-refractivity contribution in [1.82, 2.24) is 0 Å². The molecule has 0 saturated carbocycles. The zero-order valence-corrected chi connectivity index (χ0v) is 4.70. The van der Waals surface area contributed by atoms with Crippen LogP contribution in [0.3, 0.4) is 0 Å². The average molecular weight is 125 g/mol. The van der Waals surface area contributed by atoms with Crippen LogP contribution >= 0.6 is 0 Å². The molecule has 0 unspecified atom stereocenters. The van der Waals surface area contributed by atoms with Gasteiger partial charge in [-0.1, -0.05) is 12.1 Å². The van der Waals surface area contributed by atoms with Crippen LogP contribution in [0.15, 0.2) is 24.3 Å². The number of phenolic OH excluding ortho intramolecular Hbond substituents is 1. The molecule has 0 aliphatic carbocycles. The third kappa shape index (κ3) is 1.12. The number of para-hydroxylation sites is 2. The molecule has 1 rings (SSSR count). The van der Waals surface area contributed by atoms with Gasteiger partial charge in [-0.15, -0.1) is 0 Å². The van der Waals surface area contributed by atoms with Crippen LogP contribution in [0.4, 0.5) is 5.69 Å². The van der Waals surface area contributed by atoms with E-state index in [1.807, 2.05) is 5.48 Å². The molecule has 0 bridgehead atoms. The second kappa shape index (κ2) is 2.37. The van der Waals surface area contributed by atoms with Crippen LogP contribution in [0, 0.1) is 0 Å². The second-order valence-electron chi connectivity index (χ2n) is 1.63. The third-order valence-corrected chi connectivity index (χ3v) is 1.02. The molecular formula is C6H7NO2. The Morgan fingerprint density at radius 1 is 1.22 bits per heavy atom. The van der Waals surface area contributed by atoms with Crippen molar-refractivity contribution in [2.45, 2.75) is 0 Å². The molecule has 0 aromatic heterocycles. The number of hydrogen-bond donors (Lipinski definition) is 3. The lowest BCUT2D eigenvalue weighted by molar-refractivity contribution is 0.381. The summed E-state index contributed by atoms with van der Waals surface area (Å²) in [6, 6.07) is 6.43. The fraction of sp³-hybridized carbons (Fsp3) is 0. The lowest BCUT2D eigenvalue weighted by Gasteiger charge is -1.98. The number of hydrogen-bond acceptors (Lipinski definition) is 3. The van der Waals surface area contributed by atoms with Crippen LogP contribution in [-0.2, 0) is 0 Å². The molecule has 0 amide bonds. The highest BCUT2D eigenvalue weighted by Gasteiger charge is 1.92. The molecule has 1 aromatic rings. The van der Waals surface area contributed by atoms with Crippen molar-refractivity contribution in [2.75, 3.05) is 5.48 Å². The van der Waals surface area contributed by atoms with Crippen molar-refractivity contribution in [3.63, 3.8) is 0 Å². The minimum absolute atomic E-state index is 0.0417. The molecule has 0 aliphatic rings. The molecule has 0 spiro atoms. The molecule has 0 heterocycles. The summed E-state index contributed by atoms with van der Waals surface area (Å²) in [7, 11) is 0. The van der Waals surface area contributed by atoms with Crippen molar-refractivity contribution in [3.8, 4) is 5.75 Å². The Morgan fingerprint density at radius 3 is 2.33 bits per heavy atom. The van der Waals surface area contributed by atoms with Crippen molar-refractivity contribution in [2.24, 2.45) is 0 Å². The van der Waals surface area contributed by atoms with Gasteiger partial charge in [0.15, 0.2) is 0 Å². The van der Waals surface area contributed by atoms with Crippen LogP contribution in [0.25, 0.3) is 0 Å². The van der Waals surface area contributed by atoms with Gasteiger partial charge in [-0.05, 0) is 12.1 Å². The van der Waals surface area contributed by atoms with Crippen LogP contribution in [0.5, 0.6) is 5.75 Å². The van der Waals surface area contributed by atoms with E-state index in [4.69, 9.17) is 10.3 Å². The van der Waals surface area contributed by atoms with Crippen molar-refractivity contribution in [3.05, 3.63) is 24.3 Å². The van der Waals surface area contributed by atoms with E-state index in [0.29, 0.717) is 5.69 Å². The van der Waals surface area contributed by atoms with Crippen molar-refractivity contribution < 1.29 is 10.3 Å². The van der Waals surface area contributed by atoms with Crippen LogP contribution in [0.2, 0.25) is 0 Å². The number of benzene rings is 1. The fourth-order valence-electron chi connectivity index (χ4n) is 0.568. The molecule has 3 heteroatoms. The molecule has 0 fully saturated rings. The Kier molecular flexibility index (Phi) is 1.55. The highest BCUT2D eigenvalue weighted by Crippen LogP contribution is 2.19. The van der Waals surface area contributed by atoms with Gasteiger partial charge >= 0.3 is 0 Å². The first-order valence-electron chi connectivity index (χ1n) is 2.52. The molecule has 0 saturated heterocycles. The second-order valence-corrected chi connectivity index (χ2v) is 1.63. The first-order valence-corrected chi connectivity index (χ1v) is 2.52. The minimum Gasteiger partial charge on any atom is -0.506 e. The van der Waals surface area contributed by atoms with Crippen LogP contribution < -0.4 is 5.48 Å². The van der Waals surface area contributed by atoms with Gasteiger partial charge in [0, 0.05) is 0 Å². The summed E-state index contributed by atoms with van der Waals surface area (Å²) in [4.78, 5) is 0. The number of aromatic hydroxyl groups is 1. The zero-order chi connectivity index (χ0) is 6.69. The van der Waals surface area contributed by atoms with E-state index >= 15 is 0 Å². The molecule has 48 valence electrons. The average Bonchev–Trinajstić information content (AvgIpc) is 1.89. The van der Waals surface area contributed by atoms with E-state index in [-0.39, 0.29) is 5.75 Å². The van der Waals surface area contributed by atoms with Crippen molar-refractivity contribution in [1.29, 1.82) is 0 Å². The normalized spacial score (nSPS) is 9.00. The summed E-state index contributed by atoms with van der Waals surface area (Å²) in [5, 5.41) is 17.2. The maximum Gasteiger partial charge on any atom is 0.140 e. The first kappa shape index (κ1) is 5.91. The SMILES string of the molecule is ONc1ccccc1O. The molecule has 3 N–H and O–H groups in total. The summed E-state index contributed by atoms with van der Waals surface area (Å²) < 4.78 is 0. The van der Waals surface area contributed by atoms with Crippen LogP contribution in [0.1, 0.15) is 0 Å². The van der Waals surface area contributed by atoms with Gasteiger partial charge in [0.25, 0.3) is 0 Å². The highest BCUT2D eigenvalue weighted by atomic mass is 16.5. The van der Waals surface area contributed by atoms with Gasteiger partial charge in [0.1, 0.15) is 11.4 Å². The van der Waals surface area contributed by atoms with Gasteiger partial charge < -0.3 is 5.11 Å². The Bertz CT molecular complexity index is 200. The smallest absolute Gasteiger partial charge is 0.140 e. The van der Waals surface area contributed by atoms with Gasteiger partial charge in [-0.2, -0.15) is 0 Å². The predicted molar refractivity (Wildman–Crippen MR) is 33.5 cm³/mol. The number of nitrogens with one attached hydrogen (secondary N) is 1. The zero-order valence-electron chi connectivity index (χ0n) is 4.70. The lowest BCUT2D eigenvalue weighted by Crippen LogP contribution is -1.87. The number of anilines is 1. The van der Waals surface area contributed by atoms with E-state index in [2.05, 4.69) is 0 Å². The molecule has 9 heavy (non-hydrogen) atoms. The Morgan fingerprint density at radius 2 is 1.89 bits per heavy atom. The van der Waals surface area contributed by atoms with Crippen molar-refractivity contribution >= 4 is 5.69 Å². The van der Waals surface area contributed by atoms with Gasteiger partial charge in [0.2, 0.25) is 0 Å². The Balaban J connectivity index is 3.01. The molecule has 1 aromatic carbocycles. The lowest BCUT2D eigenvalue weighted by atomic mass is 10.3. The summed E-state index contributed by atoms with van der Waals surface area (Å²) in [5.74, 6) is 0.0417. The number of rotatable bonds is 1. The van der Waals surface area contributed by atoms with E-state index in [1.165, 1.54) is 6.07 Å². The maximum atomic E-state index is 8.89. The Labute approximate surface area is 52.5 Å². The Hall–Kier alpha value is -1.22. The number of phenols is 1. The van der Waals surface area contributed by atoms with E-state index < -0.39 is 0 Å². The molecule has 0 aliphatic heterocycles. The first-order chi connectivity index (χ1) is 4.34. The van der Waals surface area contributed by atoms with Crippen LogP contribution in [-0.4, -0.2) is 10.3 Å². The van der Waals surface area contributed by atoms with Gasteiger partial charge in [0.05, 0.1) is 0 Å². The largest absolute Gasteiger partial charge is 0.506 e. The van der Waals surface area contributed by atoms with Gasteiger partial charge in [-0.25, -0.2) is 0 Å². The molecule has 3 nitrogen and oxygen atoms in total. The maximum absolute atomic E-state index is 8.89. The topological polar surface area (TPSA) is 52.5 Å². The predicted octanol–water partition coefficient (Wildman–Crippen LogP) is 1.19. The molecule has 0 atom stereocenters. The summed E-state index contributed by atoms with van der Waals surface area (Å²) in [6.45, 7) is 0. The summed E-state index contributed by atoms with van der Waals surface area (Å²) in [6.07, 6.45) is 0. The van der Waals surface area contributed by atoms with E-state index in [9.17, 15) is 0 Å². The third-order valence-electron chi connectivity index (χ3n) is 1.02. The highest BCUT2D eigenvalue weighted by molar-refractivity contribution is 5.53. The minimum atomic E-state index is 0.0417. The standard InChI is InChI=1S/C6H7NO2/c8-6-4-2-1-3-5(6)7-9/h1-4,7-9H.